The second-order valence-corrected chi connectivity index (χ2v) is 1.94. The molecule has 0 N–H and O–H groups in total. The van der Waals surface area contributed by atoms with Gasteiger partial charge in [0.2, 0.25) is 0 Å². The van der Waals surface area contributed by atoms with Crippen molar-refractivity contribution in [1.29, 1.82) is 0 Å². The van der Waals surface area contributed by atoms with Crippen LogP contribution in [0.1, 0.15) is 13.8 Å². The first-order valence-corrected chi connectivity index (χ1v) is 3.26. The van der Waals surface area contributed by atoms with Gasteiger partial charge < -0.3 is 4.74 Å². The van der Waals surface area contributed by atoms with Gasteiger partial charge in [-0.15, -0.1) is 0 Å². The number of methoxy groups -OCH3 is 1. The highest BCUT2D eigenvalue weighted by Crippen LogP contribution is 2.08. The molecule has 0 unspecified atom stereocenters. The minimum absolute atomic E-state index is 0.873. The fourth-order valence-corrected chi connectivity index (χ4v) is 0.610. The van der Waals surface area contributed by atoms with E-state index in [0.717, 1.165) is 11.3 Å². The van der Waals surface area contributed by atoms with Crippen molar-refractivity contribution in [3.8, 4) is 0 Å². The molecule has 0 aliphatic heterocycles. The van der Waals surface area contributed by atoms with Crippen LogP contribution in [-0.2, 0) is 4.74 Å². The van der Waals surface area contributed by atoms with Crippen LogP contribution in [0.3, 0.4) is 0 Å². The average molecular weight is 138 g/mol. The zero-order valence-corrected chi connectivity index (χ0v) is 6.85. The first-order chi connectivity index (χ1) is 4.76. The summed E-state index contributed by atoms with van der Waals surface area (Å²) >= 11 is 0. The van der Waals surface area contributed by atoms with E-state index in [2.05, 4.69) is 6.58 Å². The number of hydrogen-bond acceptors (Lipinski definition) is 1. The van der Waals surface area contributed by atoms with E-state index in [4.69, 9.17) is 4.74 Å². The van der Waals surface area contributed by atoms with Crippen LogP contribution in [0.15, 0.2) is 36.1 Å². The van der Waals surface area contributed by atoms with Crippen LogP contribution in [0.4, 0.5) is 0 Å². The zero-order valence-electron chi connectivity index (χ0n) is 6.85. The Morgan fingerprint density at radius 1 is 1.50 bits per heavy atom. The molecule has 0 heterocycles. The van der Waals surface area contributed by atoms with Crippen LogP contribution < -0.4 is 0 Å². The molecule has 0 aliphatic rings. The van der Waals surface area contributed by atoms with E-state index in [0.29, 0.717) is 0 Å². The van der Waals surface area contributed by atoms with Gasteiger partial charge in [0.05, 0.1) is 7.11 Å². The predicted octanol–water partition coefficient (Wildman–Crippen LogP) is 2.67. The zero-order chi connectivity index (χ0) is 7.98. The number of rotatable bonds is 3. The van der Waals surface area contributed by atoms with Crippen LogP contribution in [0.2, 0.25) is 0 Å². The van der Waals surface area contributed by atoms with Gasteiger partial charge in [-0.2, -0.15) is 0 Å². The molecule has 0 rings (SSSR count). The Kier molecular flexibility index (Phi) is 4.38. The Bertz CT molecular complexity index is 164. The molecule has 0 saturated heterocycles. The molecule has 0 bridgehead atoms. The van der Waals surface area contributed by atoms with Crippen LogP contribution in [0, 0.1) is 0 Å². The first-order valence-electron chi connectivity index (χ1n) is 3.26. The highest BCUT2D eigenvalue weighted by molar-refractivity contribution is 5.25. The summed E-state index contributed by atoms with van der Waals surface area (Å²) in [6.07, 6.45) is 5.56. The maximum absolute atomic E-state index is 5.06. The van der Waals surface area contributed by atoms with Gasteiger partial charge in [-0.05, 0) is 25.5 Å². The fraction of sp³-hybridized carbons (Fsp3) is 0.333. The SMILES string of the molecule is C=C/C=C(OC)\C(C)=C/C. The number of hydrogen-bond donors (Lipinski definition) is 0. The van der Waals surface area contributed by atoms with E-state index in [9.17, 15) is 0 Å². The van der Waals surface area contributed by atoms with E-state index in [1.54, 1.807) is 13.2 Å². The van der Waals surface area contributed by atoms with Gasteiger partial charge in [-0.3, -0.25) is 0 Å². The standard InChI is InChI=1S/C9H14O/c1-5-7-9(10-4)8(3)6-2/h5-7H,1H2,2-4H3/b8-6-,9-7+. The molecule has 10 heavy (non-hydrogen) atoms. The second-order valence-electron chi connectivity index (χ2n) is 1.94. The summed E-state index contributed by atoms with van der Waals surface area (Å²) in [5, 5.41) is 0. The first kappa shape index (κ1) is 9.02. The largest absolute Gasteiger partial charge is 0.497 e. The highest BCUT2D eigenvalue weighted by atomic mass is 16.5. The van der Waals surface area contributed by atoms with Crippen LogP contribution in [-0.4, -0.2) is 7.11 Å². The summed E-state index contributed by atoms with van der Waals surface area (Å²) in [5.41, 5.74) is 1.13. The minimum atomic E-state index is 0.873. The molecule has 0 aromatic rings. The van der Waals surface area contributed by atoms with Crippen molar-refractivity contribution in [2.45, 2.75) is 13.8 Å². The van der Waals surface area contributed by atoms with Crippen molar-refractivity contribution in [3.05, 3.63) is 36.1 Å². The lowest BCUT2D eigenvalue weighted by molar-refractivity contribution is 0.301. The number of allylic oxidation sites excluding steroid dienone is 4. The molecule has 1 nitrogen and oxygen atoms in total. The van der Waals surface area contributed by atoms with Crippen LogP contribution >= 0.6 is 0 Å². The topological polar surface area (TPSA) is 9.23 Å². The fourth-order valence-electron chi connectivity index (χ4n) is 0.610. The maximum Gasteiger partial charge on any atom is 0.121 e. The van der Waals surface area contributed by atoms with E-state index in [1.165, 1.54) is 0 Å². The average Bonchev–Trinajstić information content (AvgIpc) is 1.99. The molecule has 56 valence electrons. The lowest BCUT2D eigenvalue weighted by Gasteiger charge is -2.03. The molecule has 1 heteroatoms. The van der Waals surface area contributed by atoms with Crippen molar-refractivity contribution < 1.29 is 4.74 Å². The summed E-state index contributed by atoms with van der Waals surface area (Å²) in [4.78, 5) is 0. The normalized spacial score (nSPS) is 13.1. The van der Waals surface area contributed by atoms with E-state index in [1.807, 2.05) is 26.0 Å². The van der Waals surface area contributed by atoms with Gasteiger partial charge in [0.15, 0.2) is 0 Å². The molecular weight excluding hydrogens is 124 g/mol. The van der Waals surface area contributed by atoms with Crippen LogP contribution in [0.5, 0.6) is 0 Å². The Morgan fingerprint density at radius 3 is 2.40 bits per heavy atom. The third kappa shape index (κ3) is 2.53. The summed E-state index contributed by atoms with van der Waals surface area (Å²) in [7, 11) is 1.66. The predicted molar refractivity (Wildman–Crippen MR) is 44.7 cm³/mol. The summed E-state index contributed by atoms with van der Waals surface area (Å²) < 4.78 is 5.06. The van der Waals surface area contributed by atoms with Crippen molar-refractivity contribution in [2.24, 2.45) is 0 Å². The van der Waals surface area contributed by atoms with Gasteiger partial charge in [0.1, 0.15) is 5.76 Å². The molecule has 0 fully saturated rings. The third-order valence-electron chi connectivity index (χ3n) is 1.31. The van der Waals surface area contributed by atoms with Crippen molar-refractivity contribution in [3.63, 3.8) is 0 Å². The van der Waals surface area contributed by atoms with Gasteiger partial charge in [0.25, 0.3) is 0 Å². The van der Waals surface area contributed by atoms with E-state index < -0.39 is 0 Å². The molecule has 0 aromatic carbocycles. The molecular formula is C9H14O. The maximum atomic E-state index is 5.06. The van der Waals surface area contributed by atoms with Crippen molar-refractivity contribution in [2.75, 3.05) is 7.11 Å². The van der Waals surface area contributed by atoms with Gasteiger partial charge >= 0.3 is 0 Å². The van der Waals surface area contributed by atoms with Crippen molar-refractivity contribution in [1.82, 2.24) is 0 Å². The lowest BCUT2D eigenvalue weighted by atomic mass is 10.2. The molecule has 0 atom stereocenters. The smallest absolute Gasteiger partial charge is 0.121 e. The monoisotopic (exact) mass is 138 g/mol. The summed E-state index contributed by atoms with van der Waals surface area (Å²) in [5.74, 6) is 0.873. The second kappa shape index (κ2) is 4.86. The molecule has 0 aromatic heterocycles. The highest BCUT2D eigenvalue weighted by Gasteiger charge is 1.93. The molecule has 0 spiro atoms. The van der Waals surface area contributed by atoms with Crippen LogP contribution in [0.25, 0.3) is 0 Å². The van der Waals surface area contributed by atoms with Crippen molar-refractivity contribution >= 4 is 0 Å². The third-order valence-corrected chi connectivity index (χ3v) is 1.31. The molecule has 0 radical (unpaired) electrons. The number of ether oxygens (including phenoxy) is 1. The summed E-state index contributed by atoms with van der Waals surface area (Å²) in [6, 6.07) is 0. The van der Waals surface area contributed by atoms with E-state index >= 15 is 0 Å². The Hall–Kier alpha value is -0.980. The minimum Gasteiger partial charge on any atom is -0.497 e. The Morgan fingerprint density at radius 2 is 2.10 bits per heavy atom. The van der Waals surface area contributed by atoms with Gasteiger partial charge in [-0.1, -0.05) is 18.7 Å². The molecule has 0 saturated carbocycles. The molecule has 0 amide bonds. The Labute approximate surface area is 62.7 Å². The molecule has 0 aliphatic carbocycles. The summed E-state index contributed by atoms with van der Waals surface area (Å²) in [6.45, 7) is 7.56. The van der Waals surface area contributed by atoms with Gasteiger partial charge in [-0.25, -0.2) is 0 Å². The van der Waals surface area contributed by atoms with Gasteiger partial charge in [0, 0.05) is 0 Å². The quantitative estimate of drug-likeness (QED) is 0.430. The lowest BCUT2D eigenvalue weighted by Crippen LogP contribution is -1.86. The Balaban J connectivity index is 4.35. The van der Waals surface area contributed by atoms with E-state index in [-0.39, 0.29) is 0 Å².